The van der Waals surface area contributed by atoms with Crippen LogP contribution in [0, 0.1) is 11.7 Å². The van der Waals surface area contributed by atoms with E-state index < -0.39 is 0 Å². The van der Waals surface area contributed by atoms with Gasteiger partial charge in [0, 0.05) is 25.0 Å². The van der Waals surface area contributed by atoms with Gasteiger partial charge in [0.15, 0.2) is 11.5 Å². The van der Waals surface area contributed by atoms with Gasteiger partial charge in [0.25, 0.3) is 0 Å². The Morgan fingerprint density at radius 2 is 2.04 bits per heavy atom. The summed E-state index contributed by atoms with van der Waals surface area (Å²) >= 11 is 0. The lowest BCUT2D eigenvalue weighted by Crippen LogP contribution is -2.48. The van der Waals surface area contributed by atoms with Gasteiger partial charge in [-0.25, -0.2) is 9.82 Å². The molecule has 0 spiro atoms. The molecular weight excluding hydrogens is 361 g/mol. The number of benzene rings is 2. The summed E-state index contributed by atoms with van der Waals surface area (Å²) in [5, 5.41) is 0. The molecule has 0 aromatic heterocycles. The Morgan fingerprint density at radius 1 is 1.14 bits per heavy atom. The van der Waals surface area contributed by atoms with Crippen LogP contribution in [0.25, 0.3) is 0 Å². The first-order chi connectivity index (χ1) is 13.7. The number of piperidine rings is 1. The smallest absolute Gasteiger partial charge is 0.231 e. The van der Waals surface area contributed by atoms with Crippen molar-refractivity contribution < 1.29 is 18.7 Å². The average molecular weight is 383 g/mol. The third kappa shape index (κ3) is 3.21. The molecule has 0 aliphatic carbocycles. The van der Waals surface area contributed by atoms with Gasteiger partial charge in [-0.15, -0.1) is 0 Å². The van der Waals surface area contributed by atoms with Crippen molar-refractivity contribution in [3.63, 3.8) is 0 Å². The largest absolute Gasteiger partial charge is 0.454 e. The highest BCUT2D eigenvalue weighted by Gasteiger charge is 2.41. The molecule has 2 aromatic carbocycles. The zero-order valence-corrected chi connectivity index (χ0v) is 15.4. The molecule has 0 bridgehead atoms. The second-order valence-corrected chi connectivity index (χ2v) is 7.58. The van der Waals surface area contributed by atoms with E-state index in [1.54, 1.807) is 12.1 Å². The van der Waals surface area contributed by atoms with E-state index in [0.29, 0.717) is 18.7 Å². The standard InChI is InChI=1S/C21H22FN3O3/c22-15-3-1-2-14(10-15)21-16-11-25(7-6-17(16)23-24-21)20(26)9-13-4-5-18-19(8-13)28-12-27-18/h1-5,8,10,16-17,21,23-24H,6-7,9,11-12H2. The van der Waals surface area contributed by atoms with Crippen LogP contribution in [0.15, 0.2) is 42.5 Å². The fourth-order valence-corrected chi connectivity index (χ4v) is 4.40. The molecule has 7 heteroatoms. The molecule has 3 atom stereocenters. The Balaban J connectivity index is 1.28. The van der Waals surface area contributed by atoms with Crippen LogP contribution in [0.1, 0.15) is 23.6 Å². The normalized spacial score (nSPS) is 25.6. The molecule has 3 heterocycles. The number of ether oxygens (including phenoxy) is 2. The molecule has 28 heavy (non-hydrogen) atoms. The number of fused-ring (bicyclic) bond motifs is 2. The summed E-state index contributed by atoms with van der Waals surface area (Å²) in [7, 11) is 0. The third-order valence-corrected chi connectivity index (χ3v) is 5.86. The van der Waals surface area contributed by atoms with Crippen LogP contribution in [0.5, 0.6) is 11.5 Å². The highest BCUT2D eigenvalue weighted by molar-refractivity contribution is 5.79. The van der Waals surface area contributed by atoms with E-state index in [4.69, 9.17) is 9.47 Å². The van der Waals surface area contributed by atoms with Crippen molar-refractivity contribution in [1.29, 1.82) is 0 Å². The minimum atomic E-state index is -0.241. The number of hydrogen-bond acceptors (Lipinski definition) is 5. The number of rotatable bonds is 3. The Hall–Kier alpha value is -2.64. The molecule has 3 unspecified atom stereocenters. The highest BCUT2D eigenvalue weighted by Crippen LogP contribution is 2.35. The van der Waals surface area contributed by atoms with Crippen LogP contribution in [0.2, 0.25) is 0 Å². The fourth-order valence-electron chi connectivity index (χ4n) is 4.40. The summed E-state index contributed by atoms with van der Waals surface area (Å²) in [5.41, 5.74) is 8.44. The number of nitrogens with one attached hydrogen (secondary N) is 2. The van der Waals surface area contributed by atoms with Crippen LogP contribution in [-0.4, -0.2) is 36.7 Å². The second-order valence-electron chi connectivity index (χ2n) is 7.58. The number of nitrogens with zero attached hydrogens (tertiary/aromatic N) is 1. The van der Waals surface area contributed by atoms with E-state index in [0.717, 1.165) is 29.8 Å². The van der Waals surface area contributed by atoms with Gasteiger partial charge in [-0.2, -0.15) is 0 Å². The van der Waals surface area contributed by atoms with Crippen LogP contribution in [0.3, 0.4) is 0 Å². The van der Waals surface area contributed by atoms with Gasteiger partial charge in [-0.05, 0) is 41.8 Å². The molecule has 2 N–H and O–H groups in total. The first-order valence-corrected chi connectivity index (χ1v) is 9.60. The Morgan fingerprint density at radius 3 is 2.93 bits per heavy atom. The fraction of sp³-hybridized carbons (Fsp3) is 0.381. The van der Waals surface area contributed by atoms with Crippen molar-refractivity contribution in [2.24, 2.45) is 5.92 Å². The highest BCUT2D eigenvalue weighted by atomic mass is 19.1. The van der Waals surface area contributed by atoms with Gasteiger partial charge < -0.3 is 14.4 Å². The van der Waals surface area contributed by atoms with Gasteiger partial charge in [0.1, 0.15) is 5.82 Å². The summed E-state index contributed by atoms with van der Waals surface area (Å²) in [4.78, 5) is 14.8. The van der Waals surface area contributed by atoms with Crippen molar-refractivity contribution in [2.45, 2.75) is 24.9 Å². The van der Waals surface area contributed by atoms with E-state index in [-0.39, 0.29) is 36.5 Å². The Kier molecular flexibility index (Phi) is 4.41. The van der Waals surface area contributed by atoms with Crippen molar-refractivity contribution in [3.05, 3.63) is 59.4 Å². The van der Waals surface area contributed by atoms with E-state index in [2.05, 4.69) is 10.9 Å². The molecule has 2 fully saturated rings. The van der Waals surface area contributed by atoms with E-state index >= 15 is 0 Å². The predicted molar refractivity (Wildman–Crippen MR) is 100 cm³/mol. The quantitative estimate of drug-likeness (QED) is 0.851. The number of hydrazine groups is 1. The lowest BCUT2D eigenvalue weighted by molar-refractivity contribution is -0.132. The molecule has 146 valence electrons. The lowest BCUT2D eigenvalue weighted by Gasteiger charge is -2.36. The molecule has 3 aliphatic heterocycles. The first-order valence-electron chi connectivity index (χ1n) is 9.60. The lowest BCUT2D eigenvalue weighted by atomic mass is 9.85. The second kappa shape index (κ2) is 7.07. The zero-order valence-electron chi connectivity index (χ0n) is 15.4. The molecule has 2 saturated heterocycles. The van der Waals surface area contributed by atoms with Crippen LogP contribution in [-0.2, 0) is 11.2 Å². The molecule has 3 aliphatic rings. The van der Waals surface area contributed by atoms with Crippen molar-refractivity contribution >= 4 is 5.91 Å². The third-order valence-electron chi connectivity index (χ3n) is 5.86. The molecule has 5 rings (SSSR count). The van der Waals surface area contributed by atoms with Crippen LogP contribution >= 0.6 is 0 Å². The summed E-state index contributed by atoms with van der Waals surface area (Å²) in [6.45, 7) is 1.59. The van der Waals surface area contributed by atoms with Gasteiger partial charge in [0.05, 0.1) is 12.5 Å². The summed E-state index contributed by atoms with van der Waals surface area (Å²) in [6, 6.07) is 12.6. The van der Waals surface area contributed by atoms with E-state index in [1.165, 1.54) is 6.07 Å². The van der Waals surface area contributed by atoms with Crippen molar-refractivity contribution in [1.82, 2.24) is 15.8 Å². The average Bonchev–Trinajstić information content (AvgIpc) is 3.33. The maximum Gasteiger partial charge on any atom is 0.231 e. The summed E-state index contributed by atoms with van der Waals surface area (Å²) < 4.78 is 24.4. The number of carbonyl (C=O) groups excluding carboxylic acids is 1. The maximum atomic E-state index is 13.7. The number of amides is 1. The zero-order chi connectivity index (χ0) is 19.1. The van der Waals surface area contributed by atoms with Crippen molar-refractivity contribution in [2.75, 3.05) is 19.9 Å². The minimum absolute atomic E-state index is 0.0122. The molecule has 0 saturated carbocycles. The SMILES string of the molecule is O=C(Cc1ccc2c(c1)OCO2)N1CCC2NNC(c3cccc(F)c3)C2C1. The van der Waals surface area contributed by atoms with Crippen molar-refractivity contribution in [3.8, 4) is 11.5 Å². The molecule has 2 aromatic rings. The Bertz CT molecular complexity index is 906. The topological polar surface area (TPSA) is 62.8 Å². The first kappa shape index (κ1) is 17.5. The monoisotopic (exact) mass is 383 g/mol. The minimum Gasteiger partial charge on any atom is -0.454 e. The van der Waals surface area contributed by atoms with E-state index in [9.17, 15) is 9.18 Å². The van der Waals surface area contributed by atoms with Crippen LogP contribution in [0.4, 0.5) is 4.39 Å². The van der Waals surface area contributed by atoms with Gasteiger partial charge in [-0.1, -0.05) is 18.2 Å². The number of halogens is 1. The predicted octanol–water partition coefficient (Wildman–Crippen LogP) is 2.16. The van der Waals surface area contributed by atoms with Gasteiger partial charge >= 0.3 is 0 Å². The maximum absolute atomic E-state index is 13.7. The molecular formula is C21H22FN3O3. The summed E-state index contributed by atoms with van der Waals surface area (Å²) in [6.07, 6.45) is 1.20. The molecule has 6 nitrogen and oxygen atoms in total. The van der Waals surface area contributed by atoms with Gasteiger partial charge in [0.2, 0.25) is 12.7 Å². The Labute approximate surface area is 162 Å². The number of carbonyl (C=O) groups is 1. The molecule has 1 amide bonds. The van der Waals surface area contributed by atoms with Crippen LogP contribution < -0.4 is 20.3 Å². The number of hydrogen-bond donors (Lipinski definition) is 2. The molecule has 0 radical (unpaired) electrons. The van der Waals surface area contributed by atoms with E-state index in [1.807, 2.05) is 29.2 Å². The summed E-state index contributed by atoms with van der Waals surface area (Å²) in [5.74, 6) is 1.48. The van der Waals surface area contributed by atoms with Gasteiger partial charge in [-0.3, -0.25) is 10.2 Å². The number of likely N-dealkylation sites (tertiary alicyclic amines) is 1.